The number of anilines is 1. The second kappa shape index (κ2) is 6.73. The first kappa shape index (κ1) is 14.1. The van der Waals surface area contributed by atoms with E-state index in [1.807, 2.05) is 43.6 Å². The summed E-state index contributed by atoms with van der Waals surface area (Å²) in [5.74, 6) is 1.19. The van der Waals surface area contributed by atoms with Crippen molar-refractivity contribution < 1.29 is 0 Å². The van der Waals surface area contributed by atoms with Gasteiger partial charge in [-0.1, -0.05) is 17.7 Å². The van der Waals surface area contributed by atoms with Crippen molar-refractivity contribution in [2.75, 3.05) is 18.5 Å². The van der Waals surface area contributed by atoms with E-state index >= 15 is 0 Å². The lowest BCUT2D eigenvalue weighted by atomic mass is 10.2. The molecule has 0 unspecified atom stereocenters. The summed E-state index contributed by atoms with van der Waals surface area (Å²) in [6.07, 6.45) is 2.68. The van der Waals surface area contributed by atoms with Gasteiger partial charge in [-0.2, -0.15) is 0 Å². The van der Waals surface area contributed by atoms with Crippen LogP contribution in [0.2, 0.25) is 5.02 Å². The fourth-order valence-corrected chi connectivity index (χ4v) is 2.17. The van der Waals surface area contributed by atoms with Gasteiger partial charge >= 0.3 is 0 Å². The lowest BCUT2D eigenvalue weighted by Crippen LogP contribution is -2.22. The average Bonchev–Trinajstić information content (AvgIpc) is 2.46. The SMILES string of the molecule is CN(CCc1ccccn1)c1ccc(Cl)c(CCl)n1. The highest BCUT2D eigenvalue weighted by Gasteiger charge is 2.07. The molecule has 0 radical (unpaired) electrons. The Bertz CT molecular complexity index is 531. The summed E-state index contributed by atoms with van der Waals surface area (Å²) in [6, 6.07) is 9.66. The topological polar surface area (TPSA) is 29.0 Å². The smallest absolute Gasteiger partial charge is 0.128 e. The van der Waals surface area contributed by atoms with Crippen molar-refractivity contribution in [3.63, 3.8) is 0 Å². The molecule has 0 aliphatic heterocycles. The molecule has 0 spiro atoms. The van der Waals surface area contributed by atoms with E-state index < -0.39 is 0 Å². The molecule has 0 saturated heterocycles. The number of hydrogen-bond donors (Lipinski definition) is 0. The van der Waals surface area contributed by atoms with Crippen LogP contribution in [0.3, 0.4) is 0 Å². The molecule has 100 valence electrons. The van der Waals surface area contributed by atoms with Crippen LogP contribution in [0.4, 0.5) is 5.82 Å². The van der Waals surface area contributed by atoms with E-state index in [1.165, 1.54) is 0 Å². The van der Waals surface area contributed by atoms with Gasteiger partial charge in [0.1, 0.15) is 5.82 Å². The maximum atomic E-state index is 6.00. The van der Waals surface area contributed by atoms with Gasteiger partial charge in [0, 0.05) is 31.9 Å². The molecule has 0 fully saturated rings. The van der Waals surface area contributed by atoms with Gasteiger partial charge < -0.3 is 4.90 Å². The third-order valence-electron chi connectivity index (χ3n) is 2.85. The quantitative estimate of drug-likeness (QED) is 0.790. The zero-order valence-electron chi connectivity index (χ0n) is 10.7. The summed E-state index contributed by atoms with van der Waals surface area (Å²) in [6.45, 7) is 0.841. The monoisotopic (exact) mass is 295 g/mol. The fraction of sp³-hybridized carbons (Fsp3) is 0.286. The second-order valence-electron chi connectivity index (χ2n) is 4.22. The van der Waals surface area contributed by atoms with Crippen LogP contribution in [0.15, 0.2) is 36.5 Å². The van der Waals surface area contributed by atoms with Crippen LogP contribution in [-0.2, 0) is 12.3 Å². The fourth-order valence-electron chi connectivity index (χ4n) is 1.72. The van der Waals surface area contributed by atoms with Gasteiger partial charge in [0.15, 0.2) is 0 Å². The molecular weight excluding hydrogens is 281 g/mol. The first-order valence-electron chi connectivity index (χ1n) is 6.03. The van der Waals surface area contributed by atoms with E-state index in [-0.39, 0.29) is 0 Å². The first-order valence-corrected chi connectivity index (χ1v) is 6.94. The van der Waals surface area contributed by atoms with E-state index in [4.69, 9.17) is 23.2 Å². The maximum absolute atomic E-state index is 6.00. The van der Waals surface area contributed by atoms with Crippen molar-refractivity contribution >= 4 is 29.0 Å². The third-order valence-corrected chi connectivity index (χ3v) is 3.45. The number of alkyl halides is 1. The second-order valence-corrected chi connectivity index (χ2v) is 4.90. The van der Waals surface area contributed by atoms with E-state index in [1.54, 1.807) is 0 Å². The lowest BCUT2D eigenvalue weighted by molar-refractivity contribution is 0.836. The minimum absolute atomic E-state index is 0.320. The Morgan fingerprint density at radius 1 is 1.21 bits per heavy atom. The molecule has 2 heterocycles. The van der Waals surface area contributed by atoms with Gasteiger partial charge in [-0.15, -0.1) is 11.6 Å². The zero-order chi connectivity index (χ0) is 13.7. The number of hydrogen-bond acceptors (Lipinski definition) is 3. The Balaban J connectivity index is 2.02. The highest BCUT2D eigenvalue weighted by molar-refractivity contribution is 6.32. The minimum Gasteiger partial charge on any atom is -0.359 e. The summed E-state index contributed by atoms with van der Waals surface area (Å²) in [7, 11) is 2.00. The van der Waals surface area contributed by atoms with E-state index in [9.17, 15) is 0 Å². The molecule has 0 aromatic carbocycles. The standard InChI is InChI=1S/C14H15Cl2N3/c1-19(9-7-11-4-2-3-8-17-11)14-6-5-12(16)13(10-15)18-14/h2-6,8H,7,9-10H2,1H3. The summed E-state index contributed by atoms with van der Waals surface area (Å²) in [5, 5.41) is 0.608. The summed E-state index contributed by atoms with van der Waals surface area (Å²) in [5.41, 5.74) is 1.78. The number of pyridine rings is 2. The number of halogens is 2. The highest BCUT2D eigenvalue weighted by Crippen LogP contribution is 2.20. The summed E-state index contributed by atoms with van der Waals surface area (Å²) >= 11 is 11.8. The predicted molar refractivity (Wildman–Crippen MR) is 80.0 cm³/mol. The Morgan fingerprint density at radius 3 is 2.74 bits per heavy atom. The number of likely N-dealkylation sites (N-methyl/N-ethyl adjacent to an activating group) is 1. The molecule has 0 aliphatic rings. The molecule has 3 nitrogen and oxygen atoms in total. The molecule has 0 N–H and O–H groups in total. The molecule has 0 saturated carbocycles. The third kappa shape index (κ3) is 3.82. The van der Waals surface area contributed by atoms with Gasteiger partial charge in [-0.3, -0.25) is 4.98 Å². The predicted octanol–water partition coefficient (Wildman–Crippen LogP) is 3.55. The normalized spacial score (nSPS) is 10.5. The van der Waals surface area contributed by atoms with Crippen LogP contribution in [0.25, 0.3) is 0 Å². The van der Waals surface area contributed by atoms with Crippen LogP contribution in [0, 0.1) is 0 Å². The van der Waals surface area contributed by atoms with Crippen LogP contribution < -0.4 is 4.90 Å². The van der Waals surface area contributed by atoms with Gasteiger partial charge in [0.05, 0.1) is 16.6 Å². The Morgan fingerprint density at radius 2 is 2.05 bits per heavy atom. The Labute approximate surface area is 123 Å². The molecule has 2 aromatic rings. The van der Waals surface area contributed by atoms with E-state index in [0.717, 1.165) is 24.5 Å². The molecule has 0 aliphatic carbocycles. The highest BCUT2D eigenvalue weighted by atomic mass is 35.5. The Kier molecular flexibility index (Phi) is 5.00. The molecule has 19 heavy (non-hydrogen) atoms. The van der Waals surface area contributed by atoms with Crippen molar-refractivity contribution in [3.05, 3.63) is 52.9 Å². The molecular formula is C14H15Cl2N3. The van der Waals surface area contributed by atoms with Crippen molar-refractivity contribution in [3.8, 4) is 0 Å². The van der Waals surface area contributed by atoms with Crippen molar-refractivity contribution in [2.24, 2.45) is 0 Å². The molecule has 0 bridgehead atoms. The molecule has 0 amide bonds. The first-order chi connectivity index (χ1) is 9.20. The number of aromatic nitrogens is 2. The summed E-state index contributed by atoms with van der Waals surface area (Å²) in [4.78, 5) is 10.8. The van der Waals surface area contributed by atoms with E-state index in [2.05, 4.69) is 14.9 Å². The lowest BCUT2D eigenvalue weighted by Gasteiger charge is -2.18. The van der Waals surface area contributed by atoms with E-state index in [0.29, 0.717) is 16.6 Å². The van der Waals surface area contributed by atoms with Gasteiger partial charge in [-0.05, 0) is 24.3 Å². The van der Waals surface area contributed by atoms with Gasteiger partial charge in [0.2, 0.25) is 0 Å². The van der Waals surface area contributed by atoms with Crippen molar-refractivity contribution in [1.29, 1.82) is 0 Å². The summed E-state index contributed by atoms with van der Waals surface area (Å²) < 4.78 is 0. The van der Waals surface area contributed by atoms with Crippen molar-refractivity contribution in [1.82, 2.24) is 9.97 Å². The van der Waals surface area contributed by atoms with Crippen LogP contribution in [0.1, 0.15) is 11.4 Å². The van der Waals surface area contributed by atoms with Crippen LogP contribution >= 0.6 is 23.2 Å². The van der Waals surface area contributed by atoms with Crippen molar-refractivity contribution in [2.45, 2.75) is 12.3 Å². The molecule has 2 rings (SSSR count). The van der Waals surface area contributed by atoms with Gasteiger partial charge in [0.25, 0.3) is 0 Å². The molecule has 2 aromatic heterocycles. The largest absolute Gasteiger partial charge is 0.359 e. The van der Waals surface area contributed by atoms with Gasteiger partial charge in [-0.25, -0.2) is 4.98 Å². The molecule has 5 heteroatoms. The van der Waals surface area contributed by atoms with Crippen LogP contribution in [-0.4, -0.2) is 23.6 Å². The minimum atomic E-state index is 0.320. The average molecular weight is 296 g/mol. The molecule has 0 atom stereocenters. The maximum Gasteiger partial charge on any atom is 0.128 e. The zero-order valence-corrected chi connectivity index (χ0v) is 12.2. The number of nitrogens with zero attached hydrogens (tertiary/aromatic N) is 3. The number of rotatable bonds is 5. The Hall–Kier alpha value is -1.32. The van der Waals surface area contributed by atoms with Crippen LogP contribution in [0.5, 0.6) is 0 Å².